The van der Waals surface area contributed by atoms with Crippen LogP contribution in [0.4, 0.5) is 5.69 Å². The summed E-state index contributed by atoms with van der Waals surface area (Å²) in [6, 6.07) is 12.4. The van der Waals surface area contributed by atoms with Crippen molar-refractivity contribution in [1.29, 1.82) is 0 Å². The SMILES string of the molecule is CCc1ccccc1NC(=O)CN1CCN(Cn2nc(-c3cccnc3)n(C3CC3)c2=S)CC1. The molecule has 1 amide bonds. The number of nitrogens with zero attached hydrogens (tertiary/aromatic N) is 6. The lowest BCUT2D eigenvalue weighted by molar-refractivity contribution is -0.117. The van der Waals surface area contributed by atoms with Gasteiger partial charge in [-0.2, -0.15) is 5.10 Å². The molecule has 2 fully saturated rings. The van der Waals surface area contributed by atoms with E-state index in [0.717, 1.165) is 72.9 Å². The molecule has 5 rings (SSSR count). The number of aryl methyl sites for hydroxylation is 1. The van der Waals surface area contributed by atoms with Crippen molar-refractivity contribution in [3.05, 3.63) is 59.1 Å². The number of para-hydroxylation sites is 1. The lowest BCUT2D eigenvalue weighted by atomic mass is 10.1. The van der Waals surface area contributed by atoms with Gasteiger partial charge >= 0.3 is 0 Å². The average molecular weight is 478 g/mol. The van der Waals surface area contributed by atoms with E-state index in [9.17, 15) is 4.79 Å². The Bertz CT molecular complexity index is 1190. The van der Waals surface area contributed by atoms with Gasteiger partial charge in [-0.3, -0.25) is 24.1 Å². The number of hydrogen-bond donors (Lipinski definition) is 1. The molecule has 34 heavy (non-hydrogen) atoms. The van der Waals surface area contributed by atoms with Crippen LogP contribution in [-0.4, -0.2) is 67.8 Å². The zero-order valence-corrected chi connectivity index (χ0v) is 20.4. The zero-order chi connectivity index (χ0) is 23.5. The first-order valence-electron chi connectivity index (χ1n) is 12.0. The van der Waals surface area contributed by atoms with Crippen LogP contribution < -0.4 is 5.32 Å². The molecule has 9 heteroatoms. The Hall–Kier alpha value is -2.88. The van der Waals surface area contributed by atoms with Gasteiger partial charge in [-0.05, 0) is 55.2 Å². The summed E-state index contributed by atoms with van der Waals surface area (Å²) in [5.41, 5.74) is 3.08. The minimum atomic E-state index is 0.0425. The van der Waals surface area contributed by atoms with Crippen molar-refractivity contribution in [2.45, 2.75) is 38.9 Å². The number of pyridine rings is 1. The quantitative estimate of drug-likeness (QED) is 0.500. The predicted octanol–water partition coefficient (Wildman–Crippen LogP) is 3.59. The Balaban J connectivity index is 1.18. The van der Waals surface area contributed by atoms with Crippen molar-refractivity contribution in [3.8, 4) is 11.4 Å². The van der Waals surface area contributed by atoms with Crippen LogP contribution in [0.3, 0.4) is 0 Å². The van der Waals surface area contributed by atoms with Gasteiger partial charge < -0.3 is 5.32 Å². The van der Waals surface area contributed by atoms with Crippen molar-refractivity contribution >= 4 is 23.8 Å². The normalized spacial score (nSPS) is 17.1. The molecule has 1 aliphatic heterocycles. The van der Waals surface area contributed by atoms with Gasteiger partial charge in [0.25, 0.3) is 0 Å². The number of aromatic nitrogens is 4. The van der Waals surface area contributed by atoms with E-state index >= 15 is 0 Å². The molecule has 8 nitrogen and oxygen atoms in total. The molecule has 2 aliphatic rings. The van der Waals surface area contributed by atoms with Crippen LogP contribution >= 0.6 is 12.2 Å². The second-order valence-electron chi connectivity index (χ2n) is 9.04. The summed E-state index contributed by atoms with van der Waals surface area (Å²) in [7, 11) is 0. The maximum atomic E-state index is 12.6. The summed E-state index contributed by atoms with van der Waals surface area (Å²) in [6.45, 7) is 6.61. The monoisotopic (exact) mass is 477 g/mol. The van der Waals surface area contributed by atoms with Crippen LogP contribution in [0.25, 0.3) is 11.4 Å². The van der Waals surface area contributed by atoms with Crippen LogP contribution in [0.2, 0.25) is 0 Å². The van der Waals surface area contributed by atoms with Crippen molar-refractivity contribution in [3.63, 3.8) is 0 Å². The zero-order valence-electron chi connectivity index (χ0n) is 19.6. The van der Waals surface area contributed by atoms with Gasteiger partial charge in [0, 0.05) is 55.9 Å². The Morgan fingerprint density at radius 1 is 1.09 bits per heavy atom. The molecule has 0 spiro atoms. The number of benzene rings is 1. The number of carbonyl (C=O) groups excluding carboxylic acids is 1. The molecule has 0 radical (unpaired) electrons. The second-order valence-corrected chi connectivity index (χ2v) is 9.41. The maximum absolute atomic E-state index is 12.6. The third-order valence-corrected chi connectivity index (χ3v) is 6.95. The van der Waals surface area contributed by atoms with Gasteiger partial charge in [-0.25, -0.2) is 4.68 Å². The third-order valence-electron chi connectivity index (χ3n) is 6.54. The minimum Gasteiger partial charge on any atom is -0.325 e. The van der Waals surface area contributed by atoms with Crippen LogP contribution in [0.1, 0.15) is 31.4 Å². The number of hydrogen-bond acceptors (Lipinski definition) is 6. The van der Waals surface area contributed by atoms with Gasteiger partial charge in [0.1, 0.15) is 0 Å². The smallest absolute Gasteiger partial charge is 0.238 e. The van der Waals surface area contributed by atoms with Crippen molar-refractivity contribution in [1.82, 2.24) is 29.1 Å². The molecule has 1 N–H and O–H groups in total. The van der Waals surface area contributed by atoms with Crippen molar-refractivity contribution in [2.75, 3.05) is 38.0 Å². The van der Waals surface area contributed by atoms with Gasteiger partial charge in [0.05, 0.1) is 13.2 Å². The number of piperazine rings is 1. The molecule has 0 unspecified atom stereocenters. The number of amides is 1. The van der Waals surface area contributed by atoms with Gasteiger partial charge in [-0.15, -0.1) is 0 Å². The molecule has 1 saturated carbocycles. The van der Waals surface area contributed by atoms with Crippen LogP contribution in [-0.2, 0) is 17.9 Å². The summed E-state index contributed by atoms with van der Waals surface area (Å²) < 4.78 is 4.92. The second kappa shape index (κ2) is 10.2. The fraction of sp³-hybridized carbons (Fsp3) is 0.440. The Morgan fingerprint density at radius 2 is 1.85 bits per heavy atom. The Morgan fingerprint density at radius 3 is 2.56 bits per heavy atom. The number of anilines is 1. The first kappa shape index (κ1) is 22.9. The van der Waals surface area contributed by atoms with E-state index in [2.05, 4.69) is 37.7 Å². The van der Waals surface area contributed by atoms with Crippen molar-refractivity contribution < 1.29 is 4.79 Å². The van der Waals surface area contributed by atoms with E-state index in [1.807, 2.05) is 41.2 Å². The van der Waals surface area contributed by atoms with Gasteiger partial charge in [0.2, 0.25) is 5.91 Å². The lowest BCUT2D eigenvalue weighted by Crippen LogP contribution is -2.49. The minimum absolute atomic E-state index is 0.0425. The summed E-state index contributed by atoms with van der Waals surface area (Å²) >= 11 is 5.81. The molecule has 0 bridgehead atoms. The number of carbonyl (C=O) groups is 1. The lowest BCUT2D eigenvalue weighted by Gasteiger charge is -2.34. The largest absolute Gasteiger partial charge is 0.325 e. The van der Waals surface area contributed by atoms with E-state index in [1.165, 1.54) is 0 Å². The molecule has 178 valence electrons. The Labute approximate surface area is 205 Å². The molecule has 3 aromatic rings. The van der Waals surface area contributed by atoms with Gasteiger partial charge in [-0.1, -0.05) is 25.1 Å². The van der Waals surface area contributed by atoms with E-state index in [0.29, 0.717) is 19.3 Å². The predicted molar refractivity (Wildman–Crippen MR) is 135 cm³/mol. The summed E-state index contributed by atoms with van der Waals surface area (Å²) in [5, 5.41) is 7.96. The molecule has 1 aromatic carbocycles. The molecule has 3 heterocycles. The fourth-order valence-electron chi connectivity index (χ4n) is 4.49. The van der Waals surface area contributed by atoms with E-state index in [-0.39, 0.29) is 5.91 Å². The average Bonchev–Trinajstić information content (AvgIpc) is 3.65. The molecule has 0 atom stereocenters. The highest BCUT2D eigenvalue weighted by atomic mass is 32.1. The highest BCUT2D eigenvalue weighted by Crippen LogP contribution is 2.38. The number of rotatable bonds is 8. The van der Waals surface area contributed by atoms with Crippen molar-refractivity contribution in [2.24, 2.45) is 0 Å². The van der Waals surface area contributed by atoms with Gasteiger partial charge in [0.15, 0.2) is 10.6 Å². The fourth-order valence-corrected chi connectivity index (χ4v) is 4.82. The van der Waals surface area contributed by atoms with E-state index in [1.54, 1.807) is 6.20 Å². The summed E-state index contributed by atoms with van der Waals surface area (Å²) in [4.78, 5) is 21.4. The topological polar surface area (TPSA) is 71.2 Å². The summed E-state index contributed by atoms with van der Waals surface area (Å²) in [5.74, 6) is 0.948. The third kappa shape index (κ3) is 5.11. The summed E-state index contributed by atoms with van der Waals surface area (Å²) in [6.07, 6.45) is 6.83. The highest BCUT2D eigenvalue weighted by Gasteiger charge is 2.29. The molecular weight excluding hydrogens is 446 g/mol. The first-order chi connectivity index (χ1) is 16.6. The van der Waals surface area contributed by atoms with E-state index in [4.69, 9.17) is 17.3 Å². The van der Waals surface area contributed by atoms with Crippen LogP contribution in [0, 0.1) is 4.77 Å². The first-order valence-corrected chi connectivity index (χ1v) is 12.5. The van der Waals surface area contributed by atoms with Crippen LogP contribution in [0.15, 0.2) is 48.8 Å². The molecule has 1 aliphatic carbocycles. The molecular formula is C25H31N7OS. The van der Waals surface area contributed by atoms with E-state index < -0.39 is 0 Å². The highest BCUT2D eigenvalue weighted by molar-refractivity contribution is 7.71. The maximum Gasteiger partial charge on any atom is 0.238 e. The standard InChI is InChI=1S/C25H31N7OS/c1-2-19-6-3-4-8-22(19)27-23(33)17-29-12-14-30(15-13-29)18-31-25(34)32(21-9-10-21)24(28-31)20-7-5-11-26-16-20/h3-8,11,16,21H,2,9-10,12-15,17-18H2,1H3,(H,27,33). The molecule has 1 saturated heterocycles. The molecule has 2 aromatic heterocycles. The van der Waals surface area contributed by atoms with Crippen LogP contribution in [0.5, 0.6) is 0 Å². The Kier molecular flexibility index (Phi) is 6.85. The number of nitrogens with one attached hydrogen (secondary N) is 1.